The van der Waals surface area contributed by atoms with Crippen molar-refractivity contribution in [2.24, 2.45) is 10.3 Å². The van der Waals surface area contributed by atoms with E-state index in [1.54, 1.807) is 42.6 Å². The van der Waals surface area contributed by atoms with Gasteiger partial charge >= 0.3 is 0 Å². The maximum absolute atomic E-state index is 12.3. The number of likely N-dealkylation sites (N-methyl/N-ethyl adjacent to an activating group) is 1. The van der Waals surface area contributed by atoms with Crippen molar-refractivity contribution in [3.8, 4) is 0 Å². The number of oxime groups is 2. The molecular formula is C21H21F2N3O3. The molecule has 29 heavy (non-hydrogen) atoms. The van der Waals surface area contributed by atoms with E-state index in [0.29, 0.717) is 23.1 Å². The fraction of sp³-hybridized carbons (Fsp3) is 0.190. The minimum Gasteiger partial charge on any atom is -0.398 e. The molecule has 1 N–H and O–H groups in total. The highest BCUT2D eigenvalue weighted by molar-refractivity contribution is 6.45. The molecule has 8 heteroatoms. The Hall–Kier alpha value is -3.55. The quantitative estimate of drug-likeness (QED) is 0.514. The van der Waals surface area contributed by atoms with Gasteiger partial charge in [0.05, 0.1) is 0 Å². The molecule has 0 aliphatic carbocycles. The number of benzene rings is 2. The third-order valence-corrected chi connectivity index (χ3v) is 3.82. The minimum atomic E-state index is -1.74. The van der Waals surface area contributed by atoms with Crippen LogP contribution in [0.5, 0.6) is 0 Å². The first-order chi connectivity index (χ1) is 14.0. The van der Waals surface area contributed by atoms with Crippen molar-refractivity contribution in [1.29, 1.82) is 0 Å². The van der Waals surface area contributed by atoms with Crippen LogP contribution in [0.25, 0.3) is 6.08 Å². The molecule has 0 atom stereocenters. The molecule has 6 nitrogen and oxygen atoms in total. The van der Waals surface area contributed by atoms with E-state index in [1.165, 1.54) is 14.2 Å². The Morgan fingerprint density at radius 3 is 2.69 bits per heavy atom. The van der Waals surface area contributed by atoms with E-state index >= 15 is 0 Å². The number of nitrogens with one attached hydrogen (secondary N) is 1. The first-order valence-electron chi connectivity index (χ1n) is 8.72. The summed E-state index contributed by atoms with van der Waals surface area (Å²) in [7, 11) is 2.86. The van der Waals surface area contributed by atoms with Gasteiger partial charge in [-0.05, 0) is 11.1 Å². The Balaban J connectivity index is 2.02. The number of rotatable bonds is 9. The zero-order valence-electron chi connectivity index (χ0n) is 16.1. The van der Waals surface area contributed by atoms with Gasteiger partial charge in [-0.1, -0.05) is 58.8 Å². The molecule has 0 saturated heterocycles. The monoisotopic (exact) mass is 401 g/mol. The van der Waals surface area contributed by atoms with Gasteiger partial charge in [-0.25, -0.2) is 0 Å². The van der Waals surface area contributed by atoms with Crippen LogP contribution in [0.4, 0.5) is 8.78 Å². The third kappa shape index (κ3) is 6.84. The summed E-state index contributed by atoms with van der Waals surface area (Å²) in [6, 6.07) is 13.9. The van der Waals surface area contributed by atoms with E-state index in [2.05, 4.69) is 15.6 Å². The molecule has 1 amide bonds. The third-order valence-electron chi connectivity index (χ3n) is 3.82. The van der Waals surface area contributed by atoms with Crippen LogP contribution in [0, 0.1) is 0 Å². The Morgan fingerprint density at radius 2 is 1.97 bits per heavy atom. The lowest BCUT2D eigenvalue weighted by Gasteiger charge is -2.09. The summed E-state index contributed by atoms with van der Waals surface area (Å²) in [5, 5.41) is 10.2. The summed E-state index contributed by atoms with van der Waals surface area (Å²) >= 11 is 0. The fourth-order valence-electron chi connectivity index (χ4n) is 2.54. The molecular weight excluding hydrogens is 380 g/mol. The standard InChI is InChI=1S/C21H21F2N3O3/c1-24-21(27)20(26-28-2)18-9-4-3-8-17(18)14-29-25-11-10-15-6-5-7-16(12-15)13-19(22)23/h3-9,11-13H,10,14H2,1-2H3,(H,24,27)/b25-11+,26-20-. The number of carbonyl (C=O) groups is 1. The van der Waals surface area contributed by atoms with Crippen molar-refractivity contribution < 1.29 is 23.3 Å². The Bertz CT molecular complexity index is 923. The van der Waals surface area contributed by atoms with Gasteiger partial charge in [-0.15, -0.1) is 0 Å². The second kappa shape index (κ2) is 11.3. The molecule has 152 valence electrons. The van der Waals surface area contributed by atoms with E-state index in [0.717, 1.165) is 11.6 Å². The Labute approximate surface area is 167 Å². The van der Waals surface area contributed by atoms with Gasteiger partial charge in [0, 0.05) is 36.9 Å². The molecule has 0 aromatic heterocycles. The highest BCUT2D eigenvalue weighted by atomic mass is 19.3. The van der Waals surface area contributed by atoms with Gasteiger partial charge < -0.3 is 15.0 Å². The zero-order chi connectivity index (χ0) is 21.1. The van der Waals surface area contributed by atoms with E-state index in [4.69, 9.17) is 9.68 Å². The first kappa shape index (κ1) is 21.7. The molecule has 0 aliphatic heterocycles. The van der Waals surface area contributed by atoms with Crippen molar-refractivity contribution >= 4 is 23.9 Å². The highest BCUT2D eigenvalue weighted by Gasteiger charge is 2.17. The number of hydrogen-bond acceptors (Lipinski definition) is 5. The van der Waals surface area contributed by atoms with Gasteiger partial charge in [-0.2, -0.15) is 8.78 Å². The number of nitrogens with zero attached hydrogens (tertiary/aromatic N) is 2. The molecule has 0 spiro atoms. The fourth-order valence-corrected chi connectivity index (χ4v) is 2.54. The van der Waals surface area contributed by atoms with Crippen LogP contribution in [-0.2, 0) is 27.5 Å². The van der Waals surface area contributed by atoms with Crippen LogP contribution in [-0.4, -0.2) is 32.0 Å². The highest BCUT2D eigenvalue weighted by Crippen LogP contribution is 2.13. The second-order valence-corrected chi connectivity index (χ2v) is 5.80. The molecule has 0 fully saturated rings. The van der Waals surface area contributed by atoms with Crippen molar-refractivity contribution in [3.63, 3.8) is 0 Å². The number of amides is 1. The number of carbonyl (C=O) groups excluding carboxylic acids is 1. The molecule has 2 rings (SSSR count). The first-order valence-corrected chi connectivity index (χ1v) is 8.72. The Kier molecular flexibility index (Phi) is 8.50. The second-order valence-electron chi connectivity index (χ2n) is 5.80. The molecule has 2 aromatic rings. The topological polar surface area (TPSA) is 72.3 Å². The Morgan fingerprint density at radius 1 is 1.17 bits per heavy atom. The van der Waals surface area contributed by atoms with Gasteiger partial charge in [0.2, 0.25) is 0 Å². The predicted octanol–water partition coefficient (Wildman–Crippen LogP) is 3.77. The minimum absolute atomic E-state index is 0.113. The summed E-state index contributed by atoms with van der Waals surface area (Å²) in [6.45, 7) is 0.113. The average Bonchev–Trinajstić information content (AvgIpc) is 2.71. The predicted molar refractivity (Wildman–Crippen MR) is 108 cm³/mol. The largest absolute Gasteiger partial charge is 0.398 e. The zero-order valence-corrected chi connectivity index (χ0v) is 16.1. The lowest BCUT2D eigenvalue weighted by molar-refractivity contribution is -0.114. The lowest BCUT2D eigenvalue weighted by Crippen LogP contribution is -2.29. The van der Waals surface area contributed by atoms with E-state index in [1.807, 2.05) is 12.1 Å². The van der Waals surface area contributed by atoms with E-state index < -0.39 is 6.08 Å². The van der Waals surface area contributed by atoms with Crippen LogP contribution in [0.1, 0.15) is 22.3 Å². The molecule has 0 unspecified atom stereocenters. The SMILES string of the molecule is CNC(=O)/C(=N\OC)c1ccccc1CO/N=C/Cc1cccc(C=C(F)F)c1. The van der Waals surface area contributed by atoms with Gasteiger partial charge in [0.1, 0.15) is 13.7 Å². The van der Waals surface area contributed by atoms with Crippen LogP contribution in [0.15, 0.2) is 64.9 Å². The summed E-state index contributed by atoms with van der Waals surface area (Å²) < 4.78 is 24.7. The van der Waals surface area contributed by atoms with Crippen LogP contribution < -0.4 is 5.32 Å². The van der Waals surface area contributed by atoms with Crippen molar-refractivity contribution in [2.45, 2.75) is 13.0 Å². The molecule has 0 bridgehead atoms. The summed E-state index contributed by atoms with van der Waals surface area (Å²) in [4.78, 5) is 22.1. The maximum atomic E-state index is 12.3. The van der Waals surface area contributed by atoms with Crippen molar-refractivity contribution in [1.82, 2.24) is 5.32 Å². The van der Waals surface area contributed by atoms with Crippen LogP contribution in [0.2, 0.25) is 0 Å². The van der Waals surface area contributed by atoms with Gasteiger partial charge in [0.25, 0.3) is 12.0 Å². The van der Waals surface area contributed by atoms with Gasteiger partial charge in [0.15, 0.2) is 5.71 Å². The smallest absolute Gasteiger partial charge is 0.273 e. The van der Waals surface area contributed by atoms with Crippen LogP contribution >= 0.6 is 0 Å². The van der Waals surface area contributed by atoms with Gasteiger partial charge in [-0.3, -0.25) is 4.79 Å². The maximum Gasteiger partial charge on any atom is 0.273 e. The average molecular weight is 401 g/mol. The van der Waals surface area contributed by atoms with Crippen LogP contribution in [0.3, 0.4) is 0 Å². The van der Waals surface area contributed by atoms with Crippen molar-refractivity contribution in [3.05, 3.63) is 76.9 Å². The summed E-state index contributed by atoms with van der Waals surface area (Å²) in [5.41, 5.74) is 2.64. The molecule has 0 heterocycles. The molecule has 0 radical (unpaired) electrons. The lowest BCUT2D eigenvalue weighted by atomic mass is 10.0. The molecule has 2 aromatic carbocycles. The summed E-state index contributed by atoms with van der Waals surface area (Å²) in [6.07, 6.45) is 1.03. The molecule has 0 saturated carbocycles. The number of hydrogen-bond donors (Lipinski definition) is 1. The number of halogens is 2. The van der Waals surface area contributed by atoms with E-state index in [-0.39, 0.29) is 18.2 Å². The normalized spacial score (nSPS) is 11.2. The van der Waals surface area contributed by atoms with E-state index in [9.17, 15) is 13.6 Å². The molecule has 0 aliphatic rings. The summed E-state index contributed by atoms with van der Waals surface area (Å²) in [5.74, 6) is -0.388. The van der Waals surface area contributed by atoms with Crippen molar-refractivity contribution in [2.75, 3.05) is 14.2 Å².